The van der Waals surface area contributed by atoms with E-state index in [4.69, 9.17) is 0 Å². The third kappa shape index (κ3) is 2.87. The van der Waals surface area contributed by atoms with E-state index in [1.54, 1.807) is 0 Å². The van der Waals surface area contributed by atoms with E-state index in [-0.39, 0.29) is 0 Å². The van der Waals surface area contributed by atoms with E-state index in [1.807, 2.05) is 11.8 Å². The average Bonchev–Trinajstić information content (AvgIpc) is 2.73. The summed E-state index contributed by atoms with van der Waals surface area (Å²) in [5, 5.41) is 3.44. The molecule has 0 bridgehead atoms. The van der Waals surface area contributed by atoms with Crippen molar-refractivity contribution < 1.29 is 4.79 Å². The smallest absolute Gasteiger partial charge is 0.164 e. The molecule has 1 aromatic carbocycles. The van der Waals surface area contributed by atoms with Gasteiger partial charge in [-0.3, -0.25) is 4.79 Å². The van der Waals surface area contributed by atoms with Crippen molar-refractivity contribution in [2.45, 2.75) is 37.5 Å². The van der Waals surface area contributed by atoms with Crippen LogP contribution in [0.25, 0.3) is 0 Å². The highest BCUT2D eigenvalue weighted by atomic mass is 32.2. The third-order valence-corrected chi connectivity index (χ3v) is 5.40. The summed E-state index contributed by atoms with van der Waals surface area (Å²) < 4.78 is 0. The molecular formula is C16H21NOS. The van der Waals surface area contributed by atoms with Crippen LogP contribution in [0.15, 0.2) is 23.1 Å². The molecular weight excluding hydrogens is 254 g/mol. The van der Waals surface area contributed by atoms with Gasteiger partial charge < -0.3 is 5.32 Å². The van der Waals surface area contributed by atoms with Crippen molar-refractivity contribution in [1.82, 2.24) is 5.32 Å². The summed E-state index contributed by atoms with van der Waals surface area (Å²) in [6.45, 7) is 4.55. The van der Waals surface area contributed by atoms with Gasteiger partial charge in [0.15, 0.2) is 5.78 Å². The zero-order valence-electron chi connectivity index (χ0n) is 11.5. The summed E-state index contributed by atoms with van der Waals surface area (Å²) in [4.78, 5) is 13.3. The second-order valence-electron chi connectivity index (χ2n) is 6.12. The molecule has 0 saturated carbocycles. The maximum absolute atomic E-state index is 12.1. The number of Topliss-reactive ketones (excluding diaryl/α,β-unsaturated/α-hetero) is 1. The number of benzene rings is 1. The number of carbonyl (C=O) groups is 1. The van der Waals surface area contributed by atoms with E-state index in [0.29, 0.717) is 17.6 Å². The fourth-order valence-electron chi connectivity index (χ4n) is 3.09. The van der Waals surface area contributed by atoms with E-state index in [1.165, 1.54) is 16.9 Å². The molecule has 0 spiro atoms. The van der Waals surface area contributed by atoms with Gasteiger partial charge in [0.1, 0.15) is 0 Å². The molecule has 1 atom stereocenters. The molecule has 0 aliphatic carbocycles. The quantitative estimate of drug-likeness (QED) is 0.898. The molecule has 1 unspecified atom stereocenters. The van der Waals surface area contributed by atoms with Gasteiger partial charge in [-0.15, -0.1) is 11.8 Å². The van der Waals surface area contributed by atoms with Crippen LogP contribution in [0, 0.1) is 5.41 Å². The van der Waals surface area contributed by atoms with Crippen LogP contribution in [0.3, 0.4) is 0 Å². The first-order valence-electron chi connectivity index (χ1n) is 7.16. The van der Waals surface area contributed by atoms with Gasteiger partial charge in [0.25, 0.3) is 0 Å². The molecule has 2 aliphatic rings. The molecule has 3 heteroatoms. The zero-order chi connectivity index (χ0) is 13.3. The maximum Gasteiger partial charge on any atom is 0.164 e. The highest BCUT2D eigenvalue weighted by molar-refractivity contribution is 7.99. The Hall–Kier alpha value is -0.800. The fraction of sp³-hybridized carbons (Fsp3) is 0.562. The summed E-state index contributed by atoms with van der Waals surface area (Å²) in [6.07, 6.45) is 4.02. The van der Waals surface area contributed by atoms with Crippen LogP contribution in [0.5, 0.6) is 0 Å². The first kappa shape index (κ1) is 13.2. The van der Waals surface area contributed by atoms with Crippen molar-refractivity contribution in [2.75, 3.05) is 18.8 Å². The first-order chi connectivity index (χ1) is 9.16. The van der Waals surface area contributed by atoms with Crippen LogP contribution in [0.2, 0.25) is 0 Å². The topological polar surface area (TPSA) is 29.1 Å². The van der Waals surface area contributed by atoms with Crippen molar-refractivity contribution in [3.8, 4) is 0 Å². The van der Waals surface area contributed by atoms with Gasteiger partial charge >= 0.3 is 0 Å². The summed E-state index contributed by atoms with van der Waals surface area (Å²) in [5.41, 5.74) is 2.64. The van der Waals surface area contributed by atoms with Gasteiger partial charge in [0.05, 0.1) is 0 Å². The molecule has 2 nitrogen and oxygen atoms in total. The lowest BCUT2D eigenvalue weighted by atomic mass is 9.82. The summed E-state index contributed by atoms with van der Waals surface area (Å²) in [6, 6.07) is 6.53. The monoisotopic (exact) mass is 275 g/mol. The molecule has 1 saturated heterocycles. The molecule has 19 heavy (non-hydrogen) atoms. The standard InChI is InChI=1S/C16H21NOS/c1-16(6-7-17-11-16)10-12-4-5-15-13(9-12)14(18)3-2-8-19-15/h4-5,9,17H,2-3,6-8,10-11H2,1H3. The predicted octanol–water partition coefficient (Wildman–Crippen LogP) is 3.30. The Morgan fingerprint density at radius 3 is 3.11 bits per heavy atom. The lowest BCUT2D eigenvalue weighted by Gasteiger charge is -2.23. The molecule has 0 radical (unpaired) electrons. The Morgan fingerprint density at radius 2 is 2.32 bits per heavy atom. The van der Waals surface area contributed by atoms with Gasteiger partial charge in [-0.1, -0.05) is 13.0 Å². The van der Waals surface area contributed by atoms with E-state index in [2.05, 4.69) is 30.4 Å². The van der Waals surface area contributed by atoms with Crippen LogP contribution in [-0.4, -0.2) is 24.6 Å². The minimum Gasteiger partial charge on any atom is -0.316 e. The van der Waals surface area contributed by atoms with Gasteiger partial charge in [0.2, 0.25) is 0 Å². The Bertz CT molecular complexity index is 492. The number of nitrogens with one attached hydrogen (secondary N) is 1. The van der Waals surface area contributed by atoms with Crippen LogP contribution in [0.4, 0.5) is 0 Å². The Balaban J connectivity index is 1.86. The van der Waals surface area contributed by atoms with E-state index >= 15 is 0 Å². The molecule has 0 amide bonds. The van der Waals surface area contributed by atoms with E-state index in [0.717, 1.165) is 37.2 Å². The Labute approximate surface area is 119 Å². The average molecular weight is 275 g/mol. The van der Waals surface area contributed by atoms with Gasteiger partial charge in [-0.05, 0) is 54.7 Å². The lowest BCUT2D eigenvalue weighted by molar-refractivity contribution is 0.0980. The number of rotatable bonds is 2. The Morgan fingerprint density at radius 1 is 1.42 bits per heavy atom. The molecule has 102 valence electrons. The number of hydrogen-bond donors (Lipinski definition) is 1. The van der Waals surface area contributed by atoms with Crippen LogP contribution >= 0.6 is 11.8 Å². The largest absolute Gasteiger partial charge is 0.316 e. The SMILES string of the molecule is CC1(Cc2ccc3c(c2)C(=O)CCCS3)CCNC1. The molecule has 3 rings (SSSR count). The second kappa shape index (κ2) is 5.29. The van der Waals surface area contributed by atoms with Gasteiger partial charge in [-0.2, -0.15) is 0 Å². The van der Waals surface area contributed by atoms with Crippen molar-refractivity contribution in [3.63, 3.8) is 0 Å². The summed E-state index contributed by atoms with van der Waals surface area (Å²) in [7, 11) is 0. The number of thioether (sulfide) groups is 1. The number of ketones is 1. The normalized spacial score (nSPS) is 27.1. The van der Waals surface area contributed by atoms with Crippen LogP contribution < -0.4 is 5.32 Å². The molecule has 1 N–H and O–H groups in total. The first-order valence-corrected chi connectivity index (χ1v) is 8.15. The van der Waals surface area contributed by atoms with Crippen molar-refractivity contribution in [3.05, 3.63) is 29.3 Å². The molecule has 0 aromatic heterocycles. The molecule has 1 fully saturated rings. The number of hydrogen-bond acceptors (Lipinski definition) is 3. The lowest BCUT2D eigenvalue weighted by Crippen LogP contribution is -2.22. The summed E-state index contributed by atoms with van der Waals surface area (Å²) >= 11 is 1.83. The van der Waals surface area contributed by atoms with Gasteiger partial charge in [0, 0.05) is 23.4 Å². The zero-order valence-corrected chi connectivity index (χ0v) is 12.3. The number of carbonyl (C=O) groups excluding carboxylic acids is 1. The molecule has 2 aliphatic heterocycles. The van der Waals surface area contributed by atoms with E-state index < -0.39 is 0 Å². The maximum atomic E-state index is 12.1. The second-order valence-corrected chi connectivity index (χ2v) is 7.26. The highest BCUT2D eigenvalue weighted by Gasteiger charge is 2.29. The molecule has 2 heterocycles. The Kier molecular flexibility index (Phi) is 3.68. The fourth-order valence-corrected chi connectivity index (χ4v) is 4.09. The molecule has 1 aromatic rings. The summed E-state index contributed by atoms with van der Waals surface area (Å²) in [5.74, 6) is 1.40. The van der Waals surface area contributed by atoms with Crippen molar-refractivity contribution in [1.29, 1.82) is 0 Å². The van der Waals surface area contributed by atoms with E-state index in [9.17, 15) is 4.79 Å². The van der Waals surface area contributed by atoms with Gasteiger partial charge in [-0.25, -0.2) is 0 Å². The van der Waals surface area contributed by atoms with Crippen LogP contribution in [0.1, 0.15) is 42.1 Å². The number of fused-ring (bicyclic) bond motifs is 1. The minimum absolute atomic E-state index is 0.330. The van der Waals surface area contributed by atoms with Crippen molar-refractivity contribution >= 4 is 17.5 Å². The highest BCUT2D eigenvalue weighted by Crippen LogP contribution is 2.33. The minimum atomic E-state index is 0.330. The predicted molar refractivity (Wildman–Crippen MR) is 80.0 cm³/mol. The van der Waals surface area contributed by atoms with Crippen LogP contribution in [-0.2, 0) is 6.42 Å². The van der Waals surface area contributed by atoms with Crippen molar-refractivity contribution in [2.24, 2.45) is 5.41 Å². The third-order valence-electron chi connectivity index (χ3n) is 4.24.